The van der Waals surface area contributed by atoms with Gasteiger partial charge in [-0.1, -0.05) is 0 Å². The van der Waals surface area contributed by atoms with Crippen molar-refractivity contribution in [1.29, 1.82) is 0 Å². The third kappa shape index (κ3) is 2.60. The summed E-state index contributed by atoms with van der Waals surface area (Å²) in [5.74, 6) is 0. The van der Waals surface area contributed by atoms with Gasteiger partial charge < -0.3 is 14.2 Å². The van der Waals surface area contributed by atoms with Crippen molar-refractivity contribution in [3.8, 4) is 11.3 Å². The molecule has 4 heterocycles. The lowest BCUT2D eigenvalue weighted by molar-refractivity contribution is 0.313. The smallest absolute Gasteiger partial charge is 0.345 e. The van der Waals surface area contributed by atoms with Gasteiger partial charge in [0, 0.05) is 61.1 Å². The predicted molar refractivity (Wildman–Crippen MR) is 104 cm³/mol. The number of imidazole rings is 1. The first-order chi connectivity index (χ1) is 12.7. The zero-order valence-electron chi connectivity index (χ0n) is 14.4. The molecule has 7 heteroatoms. The number of thiazole rings is 1. The number of benzene rings is 1. The Kier molecular flexibility index (Phi) is 3.58. The molecule has 0 amide bonds. The van der Waals surface area contributed by atoms with Crippen LogP contribution in [0.1, 0.15) is 0 Å². The van der Waals surface area contributed by atoms with Gasteiger partial charge in [-0.15, -0.1) is 11.3 Å². The number of piperazine rings is 1. The molecule has 1 fully saturated rings. The number of anilines is 1. The first kappa shape index (κ1) is 15.6. The average Bonchev–Trinajstić information content (AvgIpc) is 3.23. The van der Waals surface area contributed by atoms with Crippen molar-refractivity contribution in [2.75, 3.05) is 38.1 Å². The lowest BCUT2D eigenvalue weighted by Gasteiger charge is -2.34. The Labute approximate surface area is 153 Å². The molecule has 1 aromatic carbocycles. The van der Waals surface area contributed by atoms with E-state index in [9.17, 15) is 4.79 Å². The number of hydrogen-bond donors (Lipinski definition) is 0. The SMILES string of the molecule is CN1CCN(c2ccc3cc(-c4cn5ccsc5n4)c(=O)oc3c2)CC1. The van der Waals surface area contributed by atoms with Crippen molar-refractivity contribution in [3.63, 3.8) is 0 Å². The Balaban J connectivity index is 1.54. The molecule has 5 rings (SSSR count). The summed E-state index contributed by atoms with van der Waals surface area (Å²) in [7, 11) is 2.14. The van der Waals surface area contributed by atoms with Crippen molar-refractivity contribution >= 4 is 33.0 Å². The lowest BCUT2D eigenvalue weighted by Crippen LogP contribution is -2.44. The molecule has 0 unspecified atom stereocenters. The van der Waals surface area contributed by atoms with Crippen molar-refractivity contribution < 1.29 is 4.42 Å². The van der Waals surface area contributed by atoms with Gasteiger partial charge in [0.2, 0.25) is 0 Å². The molecule has 0 bridgehead atoms. The van der Waals surface area contributed by atoms with Crippen molar-refractivity contribution in [2.24, 2.45) is 0 Å². The molecule has 0 N–H and O–H groups in total. The van der Waals surface area contributed by atoms with Gasteiger partial charge in [0.15, 0.2) is 4.96 Å². The minimum atomic E-state index is -0.348. The van der Waals surface area contributed by atoms with Gasteiger partial charge in [-0.3, -0.25) is 4.40 Å². The van der Waals surface area contributed by atoms with Gasteiger partial charge in [0.1, 0.15) is 5.58 Å². The van der Waals surface area contributed by atoms with Crippen LogP contribution in [-0.4, -0.2) is 47.5 Å². The maximum atomic E-state index is 12.5. The Morgan fingerprint density at radius 2 is 2.00 bits per heavy atom. The summed E-state index contributed by atoms with van der Waals surface area (Å²) < 4.78 is 7.55. The molecule has 0 radical (unpaired) electrons. The predicted octanol–water partition coefficient (Wildman–Crippen LogP) is 2.92. The van der Waals surface area contributed by atoms with Crippen LogP contribution in [0.5, 0.6) is 0 Å². The number of nitrogens with zero attached hydrogens (tertiary/aromatic N) is 4. The Morgan fingerprint density at radius 1 is 1.15 bits per heavy atom. The third-order valence-corrected chi connectivity index (χ3v) is 5.73. The van der Waals surface area contributed by atoms with Gasteiger partial charge in [-0.2, -0.15) is 0 Å². The van der Waals surface area contributed by atoms with Crippen LogP contribution in [0, 0.1) is 0 Å². The molecule has 0 atom stereocenters. The van der Waals surface area contributed by atoms with Crippen LogP contribution >= 0.6 is 11.3 Å². The average molecular weight is 366 g/mol. The summed E-state index contributed by atoms with van der Waals surface area (Å²) in [4.78, 5) is 22.6. The summed E-state index contributed by atoms with van der Waals surface area (Å²) in [6.45, 7) is 4.04. The van der Waals surface area contributed by atoms with Gasteiger partial charge in [-0.05, 0) is 25.2 Å². The van der Waals surface area contributed by atoms with E-state index in [-0.39, 0.29) is 5.63 Å². The normalized spacial score (nSPS) is 16.0. The molecule has 132 valence electrons. The van der Waals surface area contributed by atoms with E-state index in [0.29, 0.717) is 16.8 Å². The highest BCUT2D eigenvalue weighted by Crippen LogP contribution is 2.26. The molecule has 6 nitrogen and oxygen atoms in total. The zero-order chi connectivity index (χ0) is 17.7. The van der Waals surface area contributed by atoms with Crippen LogP contribution in [0.3, 0.4) is 0 Å². The van der Waals surface area contributed by atoms with E-state index in [2.05, 4.69) is 27.9 Å². The van der Waals surface area contributed by atoms with E-state index < -0.39 is 0 Å². The highest BCUT2D eigenvalue weighted by Gasteiger charge is 2.16. The second-order valence-corrected chi connectivity index (χ2v) is 7.55. The highest BCUT2D eigenvalue weighted by molar-refractivity contribution is 7.15. The molecular weight excluding hydrogens is 348 g/mol. The molecule has 1 saturated heterocycles. The van der Waals surface area contributed by atoms with E-state index in [1.165, 1.54) is 0 Å². The van der Waals surface area contributed by atoms with Gasteiger partial charge >= 0.3 is 5.63 Å². The molecule has 0 saturated carbocycles. The first-order valence-electron chi connectivity index (χ1n) is 8.61. The first-order valence-corrected chi connectivity index (χ1v) is 9.49. The maximum Gasteiger partial charge on any atom is 0.345 e. The van der Waals surface area contributed by atoms with E-state index in [1.54, 1.807) is 11.3 Å². The number of aromatic nitrogens is 2. The zero-order valence-corrected chi connectivity index (χ0v) is 15.2. The van der Waals surface area contributed by atoms with Crippen LogP contribution < -0.4 is 10.5 Å². The van der Waals surface area contributed by atoms with Crippen molar-refractivity contribution in [2.45, 2.75) is 0 Å². The third-order valence-electron chi connectivity index (χ3n) is 4.96. The molecule has 1 aliphatic heterocycles. The van der Waals surface area contributed by atoms with Crippen molar-refractivity contribution in [3.05, 3.63) is 52.5 Å². The van der Waals surface area contributed by atoms with Gasteiger partial charge in [0.25, 0.3) is 0 Å². The van der Waals surface area contributed by atoms with E-state index >= 15 is 0 Å². The lowest BCUT2D eigenvalue weighted by atomic mass is 10.1. The minimum Gasteiger partial charge on any atom is -0.422 e. The molecule has 1 aliphatic rings. The standard InChI is InChI=1S/C19H18N4O2S/c1-21-4-6-22(7-5-21)14-3-2-13-10-15(18(24)25-17(13)11-14)16-12-23-8-9-26-19(23)20-16/h2-3,8-12H,4-7H2,1H3. The van der Waals surface area contributed by atoms with Crippen LogP contribution in [0.2, 0.25) is 0 Å². The maximum absolute atomic E-state index is 12.5. The molecule has 0 spiro atoms. The summed E-state index contributed by atoms with van der Waals surface area (Å²) in [5, 5.41) is 2.88. The summed E-state index contributed by atoms with van der Waals surface area (Å²) in [6, 6.07) is 7.97. The number of rotatable bonds is 2. The van der Waals surface area contributed by atoms with Crippen molar-refractivity contribution in [1.82, 2.24) is 14.3 Å². The number of likely N-dealkylation sites (N-methyl/N-ethyl adjacent to an activating group) is 1. The van der Waals surface area contributed by atoms with E-state index in [1.807, 2.05) is 40.4 Å². The number of hydrogen-bond acceptors (Lipinski definition) is 6. The van der Waals surface area contributed by atoms with Crippen LogP contribution in [-0.2, 0) is 0 Å². The van der Waals surface area contributed by atoms with Gasteiger partial charge in [0.05, 0.1) is 11.3 Å². The monoisotopic (exact) mass is 366 g/mol. The summed E-state index contributed by atoms with van der Waals surface area (Å²) >= 11 is 1.54. The molecule has 0 aliphatic carbocycles. The van der Waals surface area contributed by atoms with Gasteiger partial charge in [-0.25, -0.2) is 9.78 Å². The van der Waals surface area contributed by atoms with E-state index in [4.69, 9.17) is 4.42 Å². The summed E-state index contributed by atoms with van der Waals surface area (Å²) in [6.07, 6.45) is 3.80. The quantitative estimate of drug-likeness (QED) is 0.511. The fourth-order valence-corrected chi connectivity index (χ4v) is 4.10. The van der Waals surface area contributed by atoms with Crippen LogP contribution in [0.4, 0.5) is 5.69 Å². The van der Waals surface area contributed by atoms with Crippen LogP contribution in [0.25, 0.3) is 27.2 Å². The number of fused-ring (bicyclic) bond motifs is 2. The second kappa shape index (κ2) is 5.96. The largest absolute Gasteiger partial charge is 0.422 e. The topological polar surface area (TPSA) is 54.0 Å². The van der Waals surface area contributed by atoms with E-state index in [0.717, 1.165) is 42.2 Å². The fraction of sp³-hybridized carbons (Fsp3) is 0.263. The molecular formula is C19H18N4O2S. The second-order valence-electron chi connectivity index (χ2n) is 6.68. The fourth-order valence-electron chi connectivity index (χ4n) is 3.40. The Bertz CT molecular complexity index is 1120. The highest BCUT2D eigenvalue weighted by atomic mass is 32.1. The summed E-state index contributed by atoms with van der Waals surface area (Å²) in [5.41, 5.74) is 2.52. The Morgan fingerprint density at radius 3 is 2.81 bits per heavy atom. The van der Waals surface area contributed by atoms with Crippen LogP contribution in [0.15, 0.2) is 51.3 Å². The molecule has 3 aromatic heterocycles. The minimum absolute atomic E-state index is 0.348. The molecule has 26 heavy (non-hydrogen) atoms. The molecule has 4 aromatic rings. The Hall–Kier alpha value is -2.64.